The molecule has 1 saturated carbocycles. The predicted molar refractivity (Wildman–Crippen MR) is 133 cm³/mol. The van der Waals surface area contributed by atoms with Gasteiger partial charge in [-0.25, -0.2) is 4.98 Å². The minimum absolute atomic E-state index is 0.00446. The summed E-state index contributed by atoms with van der Waals surface area (Å²) < 4.78 is 12.6. The first-order chi connectivity index (χ1) is 17.2. The van der Waals surface area contributed by atoms with Crippen molar-refractivity contribution < 1.29 is 24.3 Å². The Morgan fingerprint density at radius 3 is 2.75 bits per heavy atom. The van der Waals surface area contributed by atoms with Crippen LogP contribution in [0.4, 0.5) is 0 Å². The lowest BCUT2D eigenvalue weighted by atomic mass is 9.87. The van der Waals surface area contributed by atoms with E-state index in [0.717, 1.165) is 25.7 Å². The third-order valence-electron chi connectivity index (χ3n) is 6.37. The van der Waals surface area contributed by atoms with Gasteiger partial charge in [-0.2, -0.15) is 0 Å². The standard InChI is InChI=1S/C25H36N6O5/c1-15(2)9-12-22(29-34)27-23(32)14-20-24(28-30-31(20)4)19-10-11-21(16(3)26-19)36-18-8-6-7-17(13-18)25(33)35-5/h10-11,15,17-18,34H,6-9,12-14H2,1-5H3,(H,27,29,32)/t17-,18-/m0/s1. The molecule has 0 bridgehead atoms. The predicted octanol–water partition coefficient (Wildman–Crippen LogP) is 3.18. The van der Waals surface area contributed by atoms with E-state index in [0.29, 0.717) is 47.3 Å². The van der Waals surface area contributed by atoms with Crippen molar-refractivity contribution in [2.24, 2.45) is 24.0 Å². The number of amidine groups is 1. The largest absolute Gasteiger partial charge is 0.489 e. The maximum atomic E-state index is 12.7. The van der Waals surface area contributed by atoms with E-state index in [1.165, 1.54) is 11.8 Å². The van der Waals surface area contributed by atoms with E-state index >= 15 is 0 Å². The van der Waals surface area contributed by atoms with Crippen LogP contribution in [0.15, 0.2) is 17.3 Å². The van der Waals surface area contributed by atoms with Crippen LogP contribution in [0.2, 0.25) is 0 Å². The average Bonchev–Trinajstić information content (AvgIpc) is 3.22. The number of carbonyl (C=O) groups is 2. The van der Waals surface area contributed by atoms with Crippen LogP contribution in [0.1, 0.15) is 63.8 Å². The molecule has 1 aliphatic rings. The van der Waals surface area contributed by atoms with E-state index in [2.05, 4.69) is 39.6 Å². The normalized spacial score (nSPS) is 18.2. The van der Waals surface area contributed by atoms with Gasteiger partial charge in [-0.3, -0.25) is 14.3 Å². The maximum Gasteiger partial charge on any atom is 0.308 e. The summed E-state index contributed by atoms with van der Waals surface area (Å²) in [6.07, 6.45) is 4.38. The van der Waals surface area contributed by atoms with E-state index < -0.39 is 0 Å². The third-order valence-corrected chi connectivity index (χ3v) is 6.37. The fourth-order valence-corrected chi connectivity index (χ4v) is 4.31. The molecule has 0 spiro atoms. The topological polar surface area (TPSA) is 141 Å². The Morgan fingerprint density at radius 2 is 2.08 bits per heavy atom. The zero-order chi connectivity index (χ0) is 26.2. The molecule has 11 heteroatoms. The molecule has 0 aliphatic heterocycles. The SMILES string of the molecule is COC(=O)[C@H]1CCC[C@H](Oc2ccc(-c3nnn(C)c3CC(=O)N/C(CCC(C)C)=N/O)nc2C)C1. The van der Waals surface area contributed by atoms with Crippen molar-refractivity contribution in [3.63, 3.8) is 0 Å². The van der Waals surface area contributed by atoms with Gasteiger partial charge >= 0.3 is 5.97 Å². The second-order valence-electron chi connectivity index (χ2n) is 9.62. The number of aromatic nitrogens is 4. The Bertz CT molecular complexity index is 1100. The van der Waals surface area contributed by atoms with Gasteiger partial charge in [0.2, 0.25) is 5.91 Å². The zero-order valence-corrected chi connectivity index (χ0v) is 21.7. The summed E-state index contributed by atoms with van der Waals surface area (Å²) in [5.74, 6) is 0.637. The molecule has 0 unspecified atom stereocenters. The summed E-state index contributed by atoms with van der Waals surface area (Å²) in [4.78, 5) is 29.2. The summed E-state index contributed by atoms with van der Waals surface area (Å²) in [6.45, 7) is 5.97. The quantitative estimate of drug-likeness (QED) is 0.176. The molecule has 1 aliphatic carbocycles. The van der Waals surface area contributed by atoms with Crippen molar-refractivity contribution in [3.8, 4) is 17.1 Å². The summed E-state index contributed by atoms with van der Waals surface area (Å²) in [5.41, 5.74) is 2.33. The summed E-state index contributed by atoms with van der Waals surface area (Å²) in [5, 5.41) is 23.4. The fourth-order valence-electron chi connectivity index (χ4n) is 4.31. The van der Waals surface area contributed by atoms with Gasteiger partial charge in [0.05, 0.1) is 42.6 Å². The zero-order valence-electron chi connectivity index (χ0n) is 21.7. The number of aryl methyl sites for hydroxylation is 2. The molecule has 0 saturated heterocycles. The van der Waals surface area contributed by atoms with E-state index in [9.17, 15) is 14.8 Å². The fraction of sp³-hybridized carbons (Fsp3) is 0.600. The molecule has 1 amide bonds. The maximum absolute atomic E-state index is 12.7. The highest BCUT2D eigenvalue weighted by Crippen LogP contribution is 2.31. The number of hydrogen-bond donors (Lipinski definition) is 2. The number of oxime groups is 1. The van der Waals surface area contributed by atoms with E-state index in [4.69, 9.17) is 9.47 Å². The first kappa shape index (κ1) is 27.1. The Labute approximate surface area is 211 Å². The number of carbonyl (C=O) groups excluding carboxylic acids is 2. The summed E-state index contributed by atoms with van der Waals surface area (Å²) in [7, 11) is 3.13. The van der Waals surface area contributed by atoms with Gasteiger partial charge in [-0.1, -0.05) is 24.2 Å². The molecule has 0 aromatic carbocycles. The number of rotatable bonds is 9. The number of methoxy groups -OCH3 is 1. The number of pyridine rings is 1. The highest BCUT2D eigenvalue weighted by Gasteiger charge is 2.29. The van der Waals surface area contributed by atoms with Crippen molar-refractivity contribution in [2.45, 2.75) is 71.8 Å². The van der Waals surface area contributed by atoms with Gasteiger partial charge in [-0.15, -0.1) is 5.10 Å². The van der Waals surface area contributed by atoms with Crippen LogP contribution in [0.5, 0.6) is 5.75 Å². The van der Waals surface area contributed by atoms with Gasteiger partial charge in [0.15, 0.2) is 0 Å². The number of ether oxygens (including phenoxy) is 2. The van der Waals surface area contributed by atoms with Crippen molar-refractivity contribution >= 4 is 17.7 Å². The van der Waals surface area contributed by atoms with Gasteiger partial charge in [-0.05, 0) is 57.1 Å². The lowest BCUT2D eigenvalue weighted by molar-refractivity contribution is -0.147. The van der Waals surface area contributed by atoms with Crippen molar-refractivity contribution in [3.05, 3.63) is 23.5 Å². The molecule has 3 rings (SSSR count). The van der Waals surface area contributed by atoms with Gasteiger partial charge in [0.25, 0.3) is 0 Å². The number of nitrogens with one attached hydrogen (secondary N) is 1. The molecule has 36 heavy (non-hydrogen) atoms. The Hall–Kier alpha value is -3.50. The minimum Gasteiger partial charge on any atom is -0.489 e. The molecule has 2 atom stereocenters. The van der Waals surface area contributed by atoms with E-state index in [1.807, 2.05) is 13.0 Å². The Kier molecular flexibility index (Phi) is 9.38. The number of nitrogens with zero attached hydrogens (tertiary/aromatic N) is 5. The number of esters is 1. The molecular formula is C25H36N6O5. The van der Waals surface area contributed by atoms with Crippen LogP contribution in [0.25, 0.3) is 11.4 Å². The van der Waals surface area contributed by atoms with E-state index in [-0.39, 0.29) is 36.2 Å². The van der Waals surface area contributed by atoms with Crippen LogP contribution < -0.4 is 10.1 Å². The lowest BCUT2D eigenvalue weighted by Gasteiger charge is -2.28. The van der Waals surface area contributed by atoms with Gasteiger partial charge < -0.3 is 20.0 Å². The van der Waals surface area contributed by atoms with Crippen LogP contribution in [-0.2, 0) is 27.8 Å². The van der Waals surface area contributed by atoms with Crippen LogP contribution in [-0.4, -0.2) is 56.1 Å². The Balaban J connectivity index is 1.70. The van der Waals surface area contributed by atoms with Crippen LogP contribution in [0, 0.1) is 18.8 Å². The van der Waals surface area contributed by atoms with Gasteiger partial charge in [0.1, 0.15) is 17.3 Å². The average molecular weight is 501 g/mol. The van der Waals surface area contributed by atoms with Crippen molar-refractivity contribution in [1.29, 1.82) is 0 Å². The summed E-state index contributed by atoms with van der Waals surface area (Å²) >= 11 is 0. The van der Waals surface area contributed by atoms with Crippen molar-refractivity contribution in [2.75, 3.05) is 7.11 Å². The van der Waals surface area contributed by atoms with Gasteiger partial charge in [0, 0.05) is 13.5 Å². The van der Waals surface area contributed by atoms with E-state index in [1.54, 1.807) is 13.1 Å². The molecule has 2 heterocycles. The van der Waals surface area contributed by atoms with Crippen molar-refractivity contribution in [1.82, 2.24) is 25.3 Å². The highest BCUT2D eigenvalue weighted by atomic mass is 16.5. The van der Waals surface area contributed by atoms with Crippen LogP contribution in [0.3, 0.4) is 0 Å². The first-order valence-corrected chi connectivity index (χ1v) is 12.3. The highest BCUT2D eigenvalue weighted by molar-refractivity contribution is 5.98. The second-order valence-corrected chi connectivity index (χ2v) is 9.62. The Morgan fingerprint density at radius 1 is 1.31 bits per heavy atom. The second kappa shape index (κ2) is 12.5. The molecule has 2 aromatic heterocycles. The third kappa shape index (κ3) is 7.02. The first-order valence-electron chi connectivity index (χ1n) is 12.3. The molecule has 196 valence electrons. The molecule has 0 radical (unpaired) electrons. The molecule has 11 nitrogen and oxygen atoms in total. The monoisotopic (exact) mass is 500 g/mol. The lowest BCUT2D eigenvalue weighted by Crippen LogP contribution is -2.32. The molecular weight excluding hydrogens is 464 g/mol. The molecule has 1 fully saturated rings. The van der Waals surface area contributed by atoms with Crippen LogP contribution >= 0.6 is 0 Å². The molecule has 2 aromatic rings. The summed E-state index contributed by atoms with van der Waals surface area (Å²) in [6, 6.07) is 3.62. The number of amides is 1. The smallest absolute Gasteiger partial charge is 0.308 e. The number of hydrogen-bond acceptors (Lipinski definition) is 9. The molecule has 2 N–H and O–H groups in total. The minimum atomic E-state index is -0.327.